The Kier molecular flexibility index (Phi) is 5.63. The molecule has 1 amide bonds. The van der Waals surface area contributed by atoms with E-state index >= 15 is 0 Å². The van der Waals surface area contributed by atoms with Crippen molar-refractivity contribution in [2.45, 2.75) is 13.5 Å². The smallest absolute Gasteiger partial charge is 0.359 e. The third-order valence-electron chi connectivity index (χ3n) is 4.04. The second-order valence-corrected chi connectivity index (χ2v) is 5.95. The average molecular weight is 396 g/mol. The number of amides is 1. The number of nitro groups is 1. The first-order valence-electron chi connectivity index (χ1n) is 8.62. The Bertz CT molecular complexity index is 1170. The summed E-state index contributed by atoms with van der Waals surface area (Å²) in [6, 6.07) is 11.8. The van der Waals surface area contributed by atoms with E-state index in [0.29, 0.717) is 10.8 Å². The molecular formula is C19H16N4O6. The highest BCUT2D eigenvalue weighted by Gasteiger charge is 2.19. The monoisotopic (exact) mass is 396 g/mol. The number of nitrogens with zero attached hydrogens (tertiary/aromatic N) is 3. The highest BCUT2D eigenvalue weighted by molar-refractivity contribution is 6.03. The number of esters is 1. The SMILES string of the molecule is CCn1nc(C(=O)OCC(=O)Nc2cccc([N+](=O)[O-])c2)c2ccccc2c1=O. The maximum Gasteiger partial charge on any atom is 0.359 e. The number of benzene rings is 2. The van der Waals surface area contributed by atoms with Crippen molar-refractivity contribution in [1.29, 1.82) is 0 Å². The van der Waals surface area contributed by atoms with Crippen molar-refractivity contribution in [2.75, 3.05) is 11.9 Å². The molecule has 0 fully saturated rings. The molecule has 10 heteroatoms. The van der Waals surface area contributed by atoms with E-state index in [1.807, 2.05) is 0 Å². The molecule has 0 saturated heterocycles. The van der Waals surface area contributed by atoms with Crippen LogP contribution in [0.1, 0.15) is 17.4 Å². The summed E-state index contributed by atoms with van der Waals surface area (Å²) in [5.41, 5.74) is -0.395. The van der Waals surface area contributed by atoms with Gasteiger partial charge in [-0.15, -0.1) is 0 Å². The molecule has 0 aliphatic heterocycles. The third-order valence-corrected chi connectivity index (χ3v) is 4.04. The van der Waals surface area contributed by atoms with E-state index in [1.165, 1.54) is 24.3 Å². The Balaban J connectivity index is 1.75. The average Bonchev–Trinajstić information content (AvgIpc) is 2.72. The van der Waals surface area contributed by atoms with Gasteiger partial charge in [-0.1, -0.05) is 24.3 Å². The molecule has 0 saturated carbocycles. The lowest BCUT2D eigenvalue weighted by atomic mass is 10.1. The van der Waals surface area contributed by atoms with Crippen LogP contribution in [0, 0.1) is 10.1 Å². The summed E-state index contributed by atoms with van der Waals surface area (Å²) in [6.45, 7) is 1.35. The molecule has 0 bridgehead atoms. The molecule has 1 N–H and O–H groups in total. The van der Waals surface area contributed by atoms with E-state index in [0.717, 1.165) is 4.68 Å². The lowest BCUT2D eigenvalue weighted by Gasteiger charge is -2.10. The van der Waals surface area contributed by atoms with Gasteiger partial charge in [0, 0.05) is 29.8 Å². The van der Waals surface area contributed by atoms with E-state index in [1.54, 1.807) is 31.2 Å². The van der Waals surface area contributed by atoms with Gasteiger partial charge >= 0.3 is 5.97 Å². The topological polar surface area (TPSA) is 133 Å². The highest BCUT2D eigenvalue weighted by Crippen LogP contribution is 2.17. The number of carbonyl (C=O) groups is 2. The van der Waals surface area contributed by atoms with E-state index in [-0.39, 0.29) is 29.2 Å². The summed E-state index contributed by atoms with van der Waals surface area (Å²) >= 11 is 0. The number of non-ortho nitro benzene ring substituents is 1. The van der Waals surface area contributed by atoms with Crippen molar-refractivity contribution >= 4 is 34.0 Å². The molecule has 3 rings (SSSR count). The van der Waals surface area contributed by atoms with Crippen molar-refractivity contribution in [2.24, 2.45) is 0 Å². The van der Waals surface area contributed by atoms with Crippen molar-refractivity contribution < 1.29 is 19.2 Å². The number of nitrogens with one attached hydrogen (secondary N) is 1. The summed E-state index contributed by atoms with van der Waals surface area (Å²) in [7, 11) is 0. The normalized spacial score (nSPS) is 10.5. The molecule has 0 unspecified atom stereocenters. The Morgan fingerprint density at radius 3 is 2.59 bits per heavy atom. The molecule has 29 heavy (non-hydrogen) atoms. The zero-order valence-corrected chi connectivity index (χ0v) is 15.3. The van der Waals surface area contributed by atoms with Gasteiger partial charge in [0.15, 0.2) is 12.3 Å². The Morgan fingerprint density at radius 1 is 1.17 bits per heavy atom. The van der Waals surface area contributed by atoms with Gasteiger partial charge in [-0.2, -0.15) is 5.10 Å². The van der Waals surface area contributed by atoms with Crippen LogP contribution in [-0.4, -0.2) is 33.2 Å². The standard InChI is InChI=1S/C19H16N4O6/c1-2-22-18(25)15-9-4-3-8-14(15)17(21-22)19(26)29-11-16(24)20-12-6-5-7-13(10-12)23(27)28/h3-10H,2,11H2,1H3,(H,20,24). The van der Waals surface area contributed by atoms with E-state index < -0.39 is 23.4 Å². The van der Waals surface area contributed by atoms with Crippen LogP contribution >= 0.6 is 0 Å². The lowest BCUT2D eigenvalue weighted by molar-refractivity contribution is -0.384. The minimum Gasteiger partial charge on any atom is -0.451 e. The van der Waals surface area contributed by atoms with Crippen LogP contribution in [0.2, 0.25) is 0 Å². The van der Waals surface area contributed by atoms with Crippen LogP contribution in [0.15, 0.2) is 53.3 Å². The Hall–Kier alpha value is -4.08. The van der Waals surface area contributed by atoms with Crippen molar-refractivity contribution in [1.82, 2.24) is 9.78 Å². The first kappa shape index (κ1) is 19.7. The molecule has 0 aliphatic rings. The van der Waals surface area contributed by atoms with Crippen molar-refractivity contribution in [3.63, 3.8) is 0 Å². The number of hydrogen-bond acceptors (Lipinski definition) is 7. The second-order valence-electron chi connectivity index (χ2n) is 5.95. The molecule has 1 heterocycles. The summed E-state index contributed by atoms with van der Waals surface area (Å²) in [4.78, 5) is 47.0. The van der Waals surface area contributed by atoms with E-state index in [2.05, 4.69) is 10.4 Å². The number of ether oxygens (including phenoxy) is 1. The predicted octanol–water partition coefficient (Wildman–Crippen LogP) is 2.12. The summed E-state index contributed by atoms with van der Waals surface area (Å²) < 4.78 is 6.17. The first-order valence-corrected chi connectivity index (χ1v) is 8.62. The maximum absolute atomic E-state index is 12.5. The van der Waals surface area contributed by atoms with Crippen molar-refractivity contribution in [3.8, 4) is 0 Å². The summed E-state index contributed by atoms with van der Waals surface area (Å²) in [6.07, 6.45) is 0. The van der Waals surface area contributed by atoms with Gasteiger partial charge in [-0.3, -0.25) is 19.7 Å². The maximum atomic E-state index is 12.5. The van der Waals surface area contributed by atoms with Crippen LogP contribution in [0.5, 0.6) is 0 Å². The number of anilines is 1. The first-order chi connectivity index (χ1) is 13.9. The zero-order valence-electron chi connectivity index (χ0n) is 15.3. The van der Waals surface area contributed by atoms with Crippen LogP contribution in [0.25, 0.3) is 10.8 Å². The molecule has 1 aromatic heterocycles. The van der Waals surface area contributed by atoms with Gasteiger partial charge in [0.05, 0.1) is 10.3 Å². The molecule has 0 spiro atoms. The fraction of sp³-hybridized carbons (Fsp3) is 0.158. The van der Waals surface area contributed by atoms with Crippen LogP contribution in [0.3, 0.4) is 0 Å². The van der Waals surface area contributed by atoms with Gasteiger partial charge in [0.1, 0.15) is 0 Å². The van der Waals surface area contributed by atoms with Crippen LogP contribution in [0.4, 0.5) is 11.4 Å². The number of carbonyl (C=O) groups excluding carboxylic acids is 2. The number of aromatic nitrogens is 2. The van der Waals surface area contributed by atoms with E-state index in [9.17, 15) is 24.5 Å². The fourth-order valence-corrected chi connectivity index (χ4v) is 2.69. The molecule has 0 aliphatic carbocycles. The lowest BCUT2D eigenvalue weighted by Crippen LogP contribution is -2.27. The molecule has 0 radical (unpaired) electrons. The minimum absolute atomic E-state index is 0.0785. The van der Waals surface area contributed by atoms with Gasteiger partial charge in [-0.25, -0.2) is 9.48 Å². The van der Waals surface area contributed by atoms with E-state index in [4.69, 9.17) is 4.74 Å². The minimum atomic E-state index is -0.863. The number of hydrogen-bond donors (Lipinski definition) is 1. The van der Waals surface area contributed by atoms with Gasteiger partial charge in [-0.05, 0) is 19.1 Å². The molecule has 148 valence electrons. The molecule has 0 atom stereocenters. The molecule has 10 nitrogen and oxygen atoms in total. The Labute approximate surface area is 163 Å². The van der Waals surface area contributed by atoms with Gasteiger partial charge in [0.2, 0.25) is 0 Å². The highest BCUT2D eigenvalue weighted by atomic mass is 16.6. The third kappa shape index (κ3) is 4.26. The second kappa shape index (κ2) is 8.30. The van der Waals surface area contributed by atoms with Crippen LogP contribution < -0.4 is 10.9 Å². The largest absolute Gasteiger partial charge is 0.451 e. The van der Waals surface area contributed by atoms with Crippen molar-refractivity contribution in [3.05, 3.63) is 74.7 Å². The van der Waals surface area contributed by atoms with Gasteiger partial charge in [0.25, 0.3) is 17.2 Å². The predicted molar refractivity (Wildman–Crippen MR) is 104 cm³/mol. The van der Waals surface area contributed by atoms with Crippen LogP contribution in [-0.2, 0) is 16.1 Å². The summed E-state index contributed by atoms with van der Waals surface area (Å²) in [5.74, 6) is -1.54. The fourth-order valence-electron chi connectivity index (χ4n) is 2.69. The number of aryl methyl sites for hydroxylation is 1. The zero-order chi connectivity index (χ0) is 21.0. The number of fused-ring (bicyclic) bond motifs is 1. The number of nitro benzene ring substituents is 1. The quantitative estimate of drug-likeness (QED) is 0.383. The molecule has 3 aromatic rings. The van der Waals surface area contributed by atoms with Gasteiger partial charge < -0.3 is 10.1 Å². The Morgan fingerprint density at radius 2 is 1.90 bits per heavy atom. The molecular weight excluding hydrogens is 380 g/mol. The number of rotatable bonds is 6. The summed E-state index contributed by atoms with van der Waals surface area (Å²) in [5, 5.41) is 17.9. The molecule has 2 aromatic carbocycles.